The molecule has 6 fully saturated rings. The van der Waals surface area contributed by atoms with Crippen molar-refractivity contribution >= 4 is 0 Å². The van der Waals surface area contributed by atoms with Crippen molar-refractivity contribution in [2.75, 3.05) is 0 Å². The van der Waals surface area contributed by atoms with Gasteiger partial charge in [0.2, 0.25) is 0 Å². The molecule has 0 aromatic carbocycles. The Morgan fingerprint density at radius 2 is 0.800 bits per heavy atom. The van der Waals surface area contributed by atoms with E-state index in [0.29, 0.717) is 32.5 Å². The highest BCUT2D eigenvalue weighted by Crippen LogP contribution is 2.78. The molecule has 12 atom stereocenters. The molecule has 0 saturated heterocycles. The molecule has 5 unspecified atom stereocenters. The number of rotatable bonds is 0. The van der Waals surface area contributed by atoms with Crippen molar-refractivity contribution in [3.8, 4) is 0 Å². The van der Waals surface area contributed by atoms with Gasteiger partial charge in [-0.1, -0.05) is 75.2 Å². The lowest BCUT2D eigenvalue weighted by Crippen LogP contribution is -2.67. The molecule has 6 rings (SSSR count). The van der Waals surface area contributed by atoms with Gasteiger partial charge in [0, 0.05) is 0 Å². The molecule has 0 nitrogen and oxygen atoms in total. The Labute approximate surface area is 219 Å². The van der Waals surface area contributed by atoms with E-state index in [9.17, 15) is 0 Å². The predicted octanol–water partition coefficient (Wildman–Crippen LogP) is 10.6. The van der Waals surface area contributed by atoms with Crippen molar-refractivity contribution < 1.29 is 0 Å². The summed E-state index contributed by atoms with van der Waals surface area (Å²) in [5.74, 6) is 6.67. The van der Waals surface area contributed by atoms with Gasteiger partial charge in [-0.3, -0.25) is 0 Å². The van der Waals surface area contributed by atoms with Crippen LogP contribution < -0.4 is 0 Å². The van der Waals surface area contributed by atoms with Gasteiger partial charge in [-0.25, -0.2) is 0 Å². The third-order valence-corrected chi connectivity index (χ3v) is 16.3. The van der Waals surface area contributed by atoms with E-state index in [2.05, 4.69) is 62.3 Å². The largest absolute Gasteiger partial charge is 0.0622 e. The van der Waals surface area contributed by atoms with Gasteiger partial charge in [0.25, 0.3) is 0 Å². The average Bonchev–Trinajstić information content (AvgIpc) is 2.75. The van der Waals surface area contributed by atoms with Gasteiger partial charge in [-0.05, 0) is 145 Å². The molecule has 35 heavy (non-hydrogen) atoms. The lowest BCUT2D eigenvalue weighted by Gasteiger charge is -2.74. The van der Waals surface area contributed by atoms with Gasteiger partial charge < -0.3 is 0 Å². The van der Waals surface area contributed by atoms with Crippen LogP contribution in [-0.4, -0.2) is 0 Å². The fourth-order valence-corrected chi connectivity index (χ4v) is 14.6. The van der Waals surface area contributed by atoms with Crippen LogP contribution in [0.4, 0.5) is 0 Å². The van der Waals surface area contributed by atoms with Crippen LogP contribution >= 0.6 is 0 Å². The molecule has 0 heteroatoms. The molecule has 0 aromatic heterocycles. The highest BCUT2D eigenvalue weighted by molar-refractivity contribution is 5.19. The van der Waals surface area contributed by atoms with Crippen LogP contribution in [0, 0.1) is 73.9 Å². The van der Waals surface area contributed by atoms with Crippen LogP contribution in [0.25, 0.3) is 0 Å². The molecule has 0 aromatic rings. The van der Waals surface area contributed by atoms with Gasteiger partial charge in [-0.15, -0.1) is 0 Å². The van der Waals surface area contributed by atoms with Crippen molar-refractivity contribution in [1.82, 2.24) is 0 Å². The Kier molecular flexibility index (Phi) is 5.46. The molecule has 6 saturated carbocycles. The molecule has 0 N–H and O–H groups in total. The Bertz CT molecular complexity index is 854. The monoisotopic (exact) mass is 480 g/mol. The van der Waals surface area contributed by atoms with Gasteiger partial charge in [0.05, 0.1) is 0 Å². The van der Waals surface area contributed by atoms with E-state index in [1.807, 2.05) is 0 Å². The summed E-state index contributed by atoms with van der Waals surface area (Å²) >= 11 is 0. The van der Waals surface area contributed by atoms with Gasteiger partial charge in [0.1, 0.15) is 0 Å². The summed E-state index contributed by atoms with van der Waals surface area (Å²) in [7, 11) is 0. The van der Waals surface area contributed by atoms with Crippen molar-refractivity contribution in [3.05, 3.63) is 0 Å². The molecule has 0 bridgehead atoms. The van der Waals surface area contributed by atoms with Crippen LogP contribution in [0.1, 0.15) is 146 Å². The van der Waals surface area contributed by atoms with Gasteiger partial charge >= 0.3 is 0 Å². The minimum absolute atomic E-state index is 0.558. The first kappa shape index (κ1) is 25.3. The smallest absolute Gasteiger partial charge is 0.0259 e. The summed E-state index contributed by atoms with van der Waals surface area (Å²) in [6.45, 7) is 24.5. The summed E-state index contributed by atoms with van der Waals surface area (Å²) in [6, 6.07) is 0. The van der Waals surface area contributed by atoms with Gasteiger partial charge in [-0.2, -0.15) is 0 Å². The van der Waals surface area contributed by atoms with Crippen molar-refractivity contribution in [2.45, 2.75) is 146 Å². The third kappa shape index (κ3) is 3.04. The zero-order valence-electron chi connectivity index (χ0n) is 25.2. The lowest BCUT2D eigenvalue weighted by molar-refractivity contribution is -0.254. The molecule has 0 heterocycles. The molecular formula is C35H60. The summed E-state index contributed by atoms with van der Waals surface area (Å²) in [4.78, 5) is 0. The van der Waals surface area contributed by atoms with E-state index >= 15 is 0 Å². The number of hydrogen-bond acceptors (Lipinski definition) is 0. The Hall–Kier alpha value is 0. The molecular weight excluding hydrogens is 420 g/mol. The van der Waals surface area contributed by atoms with Crippen molar-refractivity contribution in [1.29, 1.82) is 0 Å². The van der Waals surface area contributed by atoms with Crippen molar-refractivity contribution in [3.63, 3.8) is 0 Å². The van der Waals surface area contributed by atoms with Crippen LogP contribution in [-0.2, 0) is 0 Å². The Balaban J connectivity index is 1.35. The van der Waals surface area contributed by atoms with Crippen LogP contribution in [0.2, 0.25) is 0 Å². The fraction of sp³-hybridized carbons (Fsp3) is 1.00. The zero-order chi connectivity index (χ0) is 25.2. The Morgan fingerprint density at radius 1 is 0.400 bits per heavy atom. The van der Waals surface area contributed by atoms with E-state index in [4.69, 9.17) is 0 Å². The highest BCUT2D eigenvalue weighted by Gasteiger charge is 2.70. The summed E-state index contributed by atoms with van der Waals surface area (Å²) in [5.41, 5.74) is 3.50. The molecule has 0 amide bonds. The van der Waals surface area contributed by atoms with E-state index < -0.39 is 0 Å². The minimum Gasteiger partial charge on any atom is -0.0622 e. The number of fused-ring (bicyclic) bond motifs is 9. The second kappa shape index (κ2) is 7.56. The maximum Gasteiger partial charge on any atom is -0.0259 e. The summed E-state index contributed by atoms with van der Waals surface area (Å²) in [6.07, 6.45) is 19.7. The predicted molar refractivity (Wildman–Crippen MR) is 150 cm³/mol. The molecule has 0 aliphatic heterocycles. The number of hydrogen-bond donors (Lipinski definition) is 0. The van der Waals surface area contributed by atoms with E-state index in [-0.39, 0.29) is 0 Å². The van der Waals surface area contributed by atoms with E-state index in [1.54, 1.807) is 0 Å². The minimum atomic E-state index is 0.558. The second-order valence-electron chi connectivity index (χ2n) is 17.6. The van der Waals surface area contributed by atoms with Crippen LogP contribution in [0.5, 0.6) is 0 Å². The molecule has 200 valence electrons. The quantitative estimate of drug-likeness (QED) is 0.323. The fourth-order valence-electron chi connectivity index (χ4n) is 14.6. The van der Waals surface area contributed by atoms with Crippen molar-refractivity contribution in [2.24, 2.45) is 73.9 Å². The molecule has 0 spiro atoms. The van der Waals surface area contributed by atoms with E-state index in [0.717, 1.165) is 41.4 Å². The van der Waals surface area contributed by atoms with Crippen LogP contribution in [0.3, 0.4) is 0 Å². The molecule has 6 aliphatic rings. The lowest BCUT2D eigenvalue weighted by atomic mass is 9.30. The van der Waals surface area contributed by atoms with Crippen LogP contribution in [0.15, 0.2) is 0 Å². The third-order valence-electron chi connectivity index (χ3n) is 16.3. The summed E-state index contributed by atoms with van der Waals surface area (Å²) in [5, 5.41) is 0. The Morgan fingerprint density at radius 3 is 1.31 bits per heavy atom. The maximum absolute atomic E-state index is 2.85. The zero-order valence-corrected chi connectivity index (χ0v) is 25.2. The average molecular weight is 481 g/mol. The maximum atomic E-state index is 2.85. The first-order valence-corrected chi connectivity index (χ1v) is 16.2. The first-order chi connectivity index (χ1) is 16.2. The SMILES string of the molecule is C[C@H]1CCC2[C@]3(C)CCC4[C@]5(C)CCC6C(C)(C)CCC[C@]6(C)C5CC[C@]4(C)C3CC[C@]2(C)[C@H]1C. The standard InChI is InChI=1S/C35H60/c1-23-11-12-26-31(5,24(23)2)19-14-28-33(26,7)21-16-29-34(8)20-13-25-30(3,4)17-10-18-32(25,6)27(34)15-22-35(28,29)9/h23-29H,10-22H2,1-9H3/t23-,24-,25?,26?,27?,28?,29?,31+,32-,33-,34+,35+/m0/s1. The molecule has 6 aliphatic carbocycles. The molecule has 0 radical (unpaired) electrons. The second-order valence-corrected chi connectivity index (χ2v) is 17.6. The summed E-state index contributed by atoms with van der Waals surface area (Å²) < 4.78 is 0. The van der Waals surface area contributed by atoms with Gasteiger partial charge in [0.15, 0.2) is 0 Å². The highest BCUT2D eigenvalue weighted by atomic mass is 14.7. The normalized spacial score (nSPS) is 61.5. The first-order valence-electron chi connectivity index (χ1n) is 16.2. The topological polar surface area (TPSA) is 0 Å². The van der Waals surface area contributed by atoms with E-state index in [1.165, 1.54) is 83.5 Å².